The summed E-state index contributed by atoms with van der Waals surface area (Å²) in [6, 6.07) is 11.1. The number of methoxy groups -OCH3 is 1. The normalized spacial score (nSPS) is 12.4. The van der Waals surface area contributed by atoms with Gasteiger partial charge in [-0.3, -0.25) is 19.7 Å². The van der Waals surface area contributed by atoms with Crippen LogP contribution in [0.4, 0.5) is 5.69 Å². The number of nitro benzene ring substituents is 1. The quantitative estimate of drug-likeness (QED) is 0.370. The SMILES string of the molecule is CC[C@H](C)NC(=O)[C@H](CC)N(Cc1ccccc1C)C(=O)COc1ccc([N+](=O)[O-])c(OC)c1. The fourth-order valence-electron chi connectivity index (χ4n) is 3.46. The highest BCUT2D eigenvalue weighted by Crippen LogP contribution is 2.30. The predicted molar refractivity (Wildman–Crippen MR) is 129 cm³/mol. The van der Waals surface area contributed by atoms with Crippen LogP contribution in [-0.2, 0) is 16.1 Å². The van der Waals surface area contributed by atoms with Gasteiger partial charge in [0.05, 0.1) is 12.0 Å². The Hall–Kier alpha value is -3.62. The molecule has 0 fully saturated rings. The maximum atomic E-state index is 13.3. The summed E-state index contributed by atoms with van der Waals surface area (Å²) in [4.78, 5) is 38.4. The molecule has 0 radical (unpaired) electrons. The molecular weight excluding hydrogens is 438 g/mol. The molecule has 0 aliphatic rings. The molecular formula is C25H33N3O6. The van der Waals surface area contributed by atoms with E-state index in [0.717, 1.165) is 17.5 Å². The number of hydrogen-bond acceptors (Lipinski definition) is 6. The van der Waals surface area contributed by atoms with Crippen LogP contribution in [0.1, 0.15) is 44.7 Å². The van der Waals surface area contributed by atoms with E-state index < -0.39 is 11.0 Å². The number of aryl methyl sites for hydroxylation is 1. The molecule has 2 rings (SSSR count). The molecule has 0 bridgehead atoms. The lowest BCUT2D eigenvalue weighted by molar-refractivity contribution is -0.385. The summed E-state index contributed by atoms with van der Waals surface area (Å²) >= 11 is 0. The molecule has 0 aliphatic carbocycles. The van der Waals surface area contributed by atoms with Gasteiger partial charge in [-0.2, -0.15) is 0 Å². The molecule has 2 atom stereocenters. The molecule has 0 aliphatic heterocycles. The summed E-state index contributed by atoms with van der Waals surface area (Å²) in [6.45, 7) is 7.64. The maximum Gasteiger partial charge on any atom is 0.311 e. The number of rotatable bonds is 12. The van der Waals surface area contributed by atoms with E-state index in [4.69, 9.17) is 9.47 Å². The maximum absolute atomic E-state index is 13.3. The van der Waals surface area contributed by atoms with Crippen molar-refractivity contribution in [3.05, 3.63) is 63.7 Å². The zero-order valence-electron chi connectivity index (χ0n) is 20.4. The minimum Gasteiger partial charge on any atom is -0.490 e. The van der Waals surface area contributed by atoms with Crippen LogP contribution in [0.15, 0.2) is 42.5 Å². The summed E-state index contributed by atoms with van der Waals surface area (Å²) in [5.74, 6) is -0.294. The molecule has 0 saturated heterocycles. The van der Waals surface area contributed by atoms with Crippen LogP contribution in [0.5, 0.6) is 11.5 Å². The van der Waals surface area contributed by atoms with E-state index in [0.29, 0.717) is 6.42 Å². The number of nitro groups is 1. The molecule has 184 valence electrons. The number of benzene rings is 2. The highest BCUT2D eigenvalue weighted by atomic mass is 16.6. The Labute approximate surface area is 200 Å². The number of ether oxygens (including phenoxy) is 2. The van der Waals surface area contributed by atoms with Gasteiger partial charge >= 0.3 is 5.69 Å². The molecule has 34 heavy (non-hydrogen) atoms. The summed E-state index contributed by atoms with van der Waals surface area (Å²) in [7, 11) is 1.32. The first kappa shape index (κ1) is 26.6. The van der Waals surface area contributed by atoms with Gasteiger partial charge in [-0.25, -0.2) is 0 Å². The van der Waals surface area contributed by atoms with E-state index >= 15 is 0 Å². The smallest absolute Gasteiger partial charge is 0.311 e. The Morgan fingerprint density at radius 2 is 1.85 bits per heavy atom. The highest BCUT2D eigenvalue weighted by Gasteiger charge is 2.30. The Balaban J connectivity index is 2.26. The van der Waals surface area contributed by atoms with E-state index in [2.05, 4.69) is 5.32 Å². The molecule has 9 nitrogen and oxygen atoms in total. The summed E-state index contributed by atoms with van der Waals surface area (Å²) in [5.41, 5.74) is 1.75. The Bertz CT molecular complexity index is 1010. The monoisotopic (exact) mass is 471 g/mol. The molecule has 0 aromatic heterocycles. The van der Waals surface area contributed by atoms with E-state index in [1.165, 1.54) is 30.2 Å². The van der Waals surface area contributed by atoms with Gasteiger partial charge in [0.25, 0.3) is 5.91 Å². The van der Waals surface area contributed by atoms with Crippen LogP contribution in [0.2, 0.25) is 0 Å². The average molecular weight is 472 g/mol. The first-order valence-electron chi connectivity index (χ1n) is 11.3. The lowest BCUT2D eigenvalue weighted by atomic mass is 10.1. The van der Waals surface area contributed by atoms with E-state index in [9.17, 15) is 19.7 Å². The second kappa shape index (κ2) is 12.6. The van der Waals surface area contributed by atoms with Gasteiger partial charge in [0.1, 0.15) is 11.8 Å². The predicted octanol–water partition coefficient (Wildman–Crippen LogP) is 4.01. The number of nitrogens with zero attached hydrogens (tertiary/aromatic N) is 2. The fourth-order valence-corrected chi connectivity index (χ4v) is 3.46. The summed E-state index contributed by atoms with van der Waals surface area (Å²) < 4.78 is 10.7. The van der Waals surface area contributed by atoms with Crippen LogP contribution in [0, 0.1) is 17.0 Å². The molecule has 0 heterocycles. The number of carbonyl (C=O) groups excluding carboxylic acids is 2. The van der Waals surface area contributed by atoms with Gasteiger partial charge in [0, 0.05) is 24.7 Å². The molecule has 2 amide bonds. The van der Waals surface area contributed by atoms with Crippen molar-refractivity contribution in [3.63, 3.8) is 0 Å². The van der Waals surface area contributed by atoms with Crippen molar-refractivity contribution in [2.45, 2.75) is 59.2 Å². The van der Waals surface area contributed by atoms with Crippen LogP contribution in [0.3, 0.4) is 0 Å². The van der Waals surface area contributed by atoms with Gasteiger partial charge in [-0.15, -0.1) is 0 Å². The van der Waals surface area contributed by atoms with Crippen molar-refractivity contribution in [2.75, 3.05) is 13.7 Å². The topological polar surface area (TPSA) is 111 Å². The first-order valence-corrected chi connectivity index (χ1v) is 11.3. The zero-order valence-corrected chi connectivity index (χ0v) is 20.4. The van der Waals surface area contributed by atoms with Gasteiger partial charge in [0.15, 0.2) is 6.61 Å². The molecule has 2 aromatic carbocycles. The van der Waals surface area contributed by atoms with Crippen molar-refractivity contribution in [2.24, 2.45) is 0 Å². The third kappa shape index (κ3) is 6.94. The second-order valence-electron chi connectivity index (χ2n) is 8.07. The van der Waals surface area contributed by atoms with Crippen LogP contribution in [0.25, 0.3) is 0 Å². The van der Waals surface area contributed by atoms with Crippen LogP contribution >= 0.6 is 0 Å². The Morgan fingerprint density at radius 3 is 2.44 bits per heavy atom. The summed E-state index contributed by atoms with van der Waals surface area (Å²) in [6.07, 6.45) is 1.21. The number of hydrogen-bond donors (Lipinski definition) is 1. The minimum absolute atomic E-state index is 0.0132. The van der Waals surface area contributed by atoms with Gasteiger partial charge < -0.3 is 19.7 Å². The van der Waals surface area contributed by atoms with E-state index in [-0.39, 0.29) is 48.2 Å². The molecule has 0 spiro atoms. The fraction of sp³-hybridized carbons (Fsp3) is 0.440. The third-order valence-corrected chi connectivity index (χ3v) is 5.70. The molecule has 1 N–H and O–H groups in total. The lowest BCUT2D eigenvalue weighted by Crippen LogP contribution is -2.51. The lowest BCUT2D eigenvalue weighted by Gasteiger charge is -2.31. The Kier molecular flexibility index (Phi) is 9.85. The third-order valence-electron chi connectivity index (χ3n) is 5.70. The second-order valence-corrected chi connectivity index (χ2v) is 8.07. The minimum atomic E-state index is -0.670. The number of amides is 2. The van der Waals surface area contributed by atoms with Crippen molar-refractivity contribution in [3.8, 4) is 11.5 Å². The number of carbonyl (C=O) groups is 2. The average Bonchev–Trinajstić information content (AvgIpc) is 2.82. The van der Waals surface area contributed by atoms with Gasteiger partial charge in [-0.1, -0.05) is 38.1 Å². The molecule has 2 aromatic rings. The zero-order chi connectivity index (χ0) is 25.3. The molecule has 9 heteroatoms. The summed E-state index contributed by atoms with van der Waals surface area (Å²) in [5, 5.41) is 14.1. The van der Waals surface area contributed by atoms with Crippen molar-refractivity contribution in [1.82, 2.24) is 10.2 Å². The van der Waals surface area contributed by atoms with Gasteiger partial charge in [0.2, 0.25) is 11.7 Å². The van der Waals surface area contributed by atoms with Crippen molar-refractivity contribution < 1.29 is 24.0 Å². The first-order chi connectivity index (χ1) is 16.2. The number of nitrogens with one attached hydrogen (secondary N) is 1. The van der Waals surface area contributed by atoms with Crippen LogP contribution < -0.4 is 14.8 Å². The molecule has 0 saturated carbocycles. The van der Waals surface area contributed by atoms with E-state index in [1.54, 1.807) is 0 Å². The Morgan fingerprint density at radius 1 is 1.15 bits per heavy atom. The largest absolute Gasteiger partial charge is 0.490 e. The van der Waals surface area contributed by atoms with Crippen molar-refractivity contribution >= 4 is 17.5 Å². The van der Waals surface area contributed by atoms with Crippen LogP contribution in [-0.4, -0.2) is 47.4 Å². The highest BCUT2D eigenvalue weighted by molar-refractivity contribution is 5.88. The standard InChI is InChI=1S/C25H33N3O6/c1-6-18(4)26-25(30)21(7-2)27(15-19-11-9-8-10-17(19)3)24(29)16-34-20-12-13-22(28(31)32)23(14-20)33-5/h8-14,18,21H,6-7,15-16H2,1-5H3,(H,26,30)/t18-,21-/m0/s1. The van der Waals surface area contributed by atoms with Gasteiger partial charge in [-0.05, 0) is 43.9 Å². The van der Waals surface area contributed by atoms with Crippen molar-refractivity contribution in [1.29, 1.82) is 0 Å². The van der Waals surface area contributed by atoms with E-state index in [1.807, 2.05) is 52.0 Å². The molecule has 0 unspecified atom stereocenters.